The van der Waals surface area contributed by atoms with Crippen molar-refractivity contribution in [3.63, 3.8) is 0 Å². The van der Waals surface area contributed by atoms with Crippen LogP contribution < -0.4 is 5.43 Å². The van der Waals surface area contributed by atoms with Gasteiger partial charge in [0, 0.05) is 12.6 Å². The third kappa shape index (κ3) is 5.49. The zero-order chi connectivity index (χ0) is 14.8. The highest BCUT2D eigenvalue weighted by Crippen LogP contribution is 2.31. The molecule has 0 heterocycles. The number of alkyl halides is 3. The molecule has 0 amide bonds. The molecule has 104 valence electrons. The van der Waals surface area contributed by atoms with E-state index in [4.69, 9.17) is 6.42 Å². The van der Waals surface area contributed by atoms with E-state index in [-0.39, 0.29) is 12.0 Å². The normalized spacial score (nSPS) is 10.7. The molecule has 0 unspecified atom stereocenters. The fourth-order valence-electron chi connectivity index (χ4n) is 1.44. The van der Waals surface area contributed by atoms with Gasteiger partial charge in [-0.15, -0.1) is 6.42 Å². The van der Waals surface area contributed by atoms with Crippen molar-refractivity contribution in [2.75, 3.05) is 6.54 Å². The van der Waals surface area contributed by atoms with E-state index in [0.29, 0.717) is 13.0 Å². The maximum atomic E-state index is 12.7. The standard InChI is InChI=1S/C15H13F3N2/c1-2-3-4-7-11-19-20-12-10-13-8-5-6-9-14(13)15(16,17)18/h1,5-6,8-9,12,19H,3,10-11H2/b20-12+. The smallest absolute Gasteiger partial charge is 0.298 e. The van der Waals surface area contributed by atoms with Gasteiger partial charge in [0.1, 0.15) is 0 Å². The number of hydrogen-bond donors (Lipinski definition) is 1. The highest BCUT2D eigenvalue weighted by Gasteiger charge is 2.32. The summed E-state index contributed by atoms with van der Waals surface area (Å²) in [5.74, 6) is 7.79. The fraction of sp³-hybridized carbons (Fsp3) is 0.267. The summed E-state index contributed by atoms with van der Waals surface area (Å²) < 4.78 is 38.1. The lowest BCUT2D eigenvalue weighted by atomic mass is 10.1. The second-order valence-electron chi connectivity index (χ2n) is 3.74. The summed E-state index contributed by atoms with van der Waals surface area (Å²) in [4.78, 5) is 0. The van der Waals surface area contributed by atoms with E-state index in [0.717, 1.165) is 6.07 Å². The summed E-state index contributed by atoms with van der Waals surface area (Å²) in [5, 5.41) is 3.79. The first-order chi connectivity index (χ1) is 9.55. The number of benzene rings is 1. The quantitative estimate of drug-likeness (QED) is 0.389. The molecule has 1 aromatic carbocycles. The van der Waals surface area contributed by atoms with Gasteiger partial charge in [-0.1, -0.05) is 36.0 Å². The molecule has 1 aromatic rings. The minimum Gasteiger partial charge on any atom is -0.298 e. The summed E-state index contributed by atoms with van der Waals surface area (Å²) >= 11 is 0. The predicted octanol–water partition coefficient (Wildman–Crippen LogP) is 2.85. The van der Waals surface area contributed by atoms with Crippen LogP contribution in [0.1, 0.15) is 17.5 Å². The second-order valence-corrected chi connectivity index (χ2v) is 3.74. The molecule has 0 radical (unpaired) electrons. The molecule has 0 fully saturated rings. The molecule has 0 aromatic heterocycles. The number of hydrazone groups is 1. The highest BCUT2D eigenvalue weighted by molar-refractivity contribution is 5.62. The Morgan fingerprint density at radius 1 is 1.25 bits per heavy atom. The number of halogens is 3. The summed E-state index contributed by atoms with van der Waals surface area (Å²) in [5.41, 5.74) is 2.16. The van der Waals surface area contributed by atoms with Crippen molar-refractivity contribution in [3.8, 4) is 24.2 Å². The van der Waals surface area contributed by atoms with Gasteiger partial charge < -0.3 is 0 Å². The zero-order valence-electron chi connectivity index (χ0n) is 10.7. The maximum absolute atomic E-state index is 12.7. The molecule has 1 N–H and O–H groups in total. The minimum absolute atomic E-state index is 0.0977. The molecule has 5 heteroatoms. The molecule has 0 saturated carbocycles. The number of nitrogens with zero attached hydrogens (tertiary/aromatic N) is 1. The van der Waals surface area contributed by atoms with Crippen LogP contribution in [0, 0.1) is 24.2 Å². The Balaban J connectivity index is 2.51. The third-order valence-electron chi connectivity index (χ3n) is 2.30. The van der Waals surface area contributed by atoms with Crippen molar-refractivity contribution in [2.24, 2.45) is 5.10 Å². The van der Waals surface area contributed by atoms with Gasteiger partial charge in [-0.05, 0) is 11.6 Å². The zero-order valence-corrected chi connectivity index (χ0v) is 10.7. The maximum Gasteiger partial charge on any atom is 0.416 e. The summed E-state index contributed by atoms with van der Waals surface area (Å²) in [6, 6.07) is 5.42. The van der Waals surface area contributed by atoms with E-state index in [9.17, 15) is 13.2 Å². The molecule has 20 heavy (non-hydrogen) atoms. The van der Waals surface area contributed by atoms with E-state index in [1.807, 2.05) is 0 Å². The van der Waals surface area contributed by atoms with Crippen molar-refractivity contribution in [2.45, 2.75) is 19.0 Å². The number of hydrogen-bond acceptors (Lipinski definition) is 2. The van der Waals surface area contributed by atoms with Crippen molar-refractivity contribution in [3.05, 3.63) is 35.4 Å². The Labute approximate surface area is 116 Å². The Kier molecular flexibility index (Phi) is 6.19. The van der Waals surface area contributed by atoms with Crippen molar-refractivity contribution >= 4 is 6.21 Å². The van der Waals surface area contributed by atoms with Crippen molar-refractivity contribution in [1.82, 2.24) is 5.43 Å². The largest absolute Gasteiger partial charge is 0.416 e. The van der Waals surface area contributed by atoms with Crippen LogP contribution in [0.4, 0.5) is 13.2 Å². The van der Waals surface area contributed by atoms with Crippen LogP contribution in [-0.2, 0) is 12.6 Å². The Morgan fingerprint density at radius 2 is 2.00 bits per heavy atom. The summed E-state index contributed by atoms with van der Waals surface area (Å²) in [6.45, 7) is 0.305. The van der Waals surface area contributed by atoms with Crippen LogP contribution in [0.5, 0.6) is 0 Å². The van der Waals surface area contributed by atoms with Crippen molar-refractivity contribution in [1.29, 1.82) is 0 Å². The van der Waals surface area contributed by atoms with E-state index in [1.165, 1.54) is 18.3 Å². The predicted molar refractivity (Wildman–Crippen MR) is 72.9 cm³/mol. The van der Waals surface area contributed by atoms with E-state index in [2.05, 4.69) is 28.3 Å². The van der Waals surface area contributed by atoms with Gasteiger partial charge >= 0.3 is 6.18 Å². The summed E-state index contributed by atoms with van der Waals surface area (Å²) in [6.07, 6.45) is 2.51. The van der Waals surface area contributed by atoms with Gasteiger partial charge in [0.25, 0.3) is 0 Å². The second kappa shape index (κ2) is 7.91. The molecule has 0 aliphatic carbocycles. The van der Waals surface area contributed by atoms with Gasteiger partial charge in [-0.25, -0.2) is 0 Å². The fourth-order valence-corrected chi connectivity index (χ4v) is 1.44. The van der Waals surface area contributed by atoms with E-state index in [1.54, 1.807) is 6.07 Å². The average molecular weight is 278 g/mol. The first-order valence-corrected chi connectivity index (χ1v) is 5.84. The number of nitrogens with one attached hydrogen (secondary N) is 1. The molecule has 0 atom stereocenters. The molecule has 2 nitrogen and oxygen atoms in total. The third-order valence-corrected chi connectivity index (χ3v) is 2.30. The molecular weight excluding hydrogens is 265 g/mol. The van der Waals surface area contributed by atoms with Crippen LogP contribution >= 0.6 is 0 Å². The molecule has 0 aliphatic heterocycles. The average Bonchev–Trinajstić information content (AvgIpc) is 2.41. The highest BCUT2D eigenvalue weighted by atomic mass is 19.4. The SMILES string of the molecule is C#CCC#CCN/N=C/Cc1ccccc1C(F)(F)F. The molecule has 0 bridgehead atoms. The van der Waals surface area contributed by atoms with Crippen LogP contribution in [0.3, 0.4) is 0 Å². The number of rotatable bonds is 4. The molecule has 0 aliphatic rings. The van der Waals surface area contributed by atoms with Gasteiger partial charge in [-0.2, -0.15) is 18.3 Å². The lowest BCUT2D eigenvalue weighted by Gasteiger charge is -2.10. The van der Waals surface area contributed by atoms with Crippen LogP contribution in [0.2, 0.25) is 0 Å². The van der Waals surface area contributed by atoms with Crippen LogP contribution in [-0.4, -0.2) is 12.8 Å². The Bertz CT molecular complexity index is 557. The van der Waals surface area contributed by atoms with Gasteiger partial charge in [0.15, 0.2) is 0 Å². The van der Waals surface area contributed by atoms with E-state index >= 15 is 0 Å². The minimum atomic E-state index is -4.35. The monoisotopic (exact) mass is 278 g/mol. The first kappa shape index (κ1) is 15.7. The van der Waals surface area contributed by atoms with Gasteiger partial charge in [0.05, 0.1) is 18.5 Å². The molecule has 0 spiro atoms. The number of terminal acetylenes is 1. The van der Waals surface area contributed by atoms with E-state index < -0.39 is 11.7 Å². The summed E-state index contributed by atoms with van der Waals surface area (Å²) in [7, 11) is 0. The van der Waals surface area contributed by atoms with Crippen LogP contribution in [0.15, 0.2) is 29.4 Å². The topological polar surface area (TPSA) is 24.4 Å². The lowest BCUT2D eigenvalue weighted by molar-refractivity contribution is -0.138. The van der Waals surface area contributed by atoms with Crippen molar-refractivity contribution < 1.29 is 13.2 Å². The molecular formula is C15H13F3N2. The van der Waals surface area contributed by atoms with Gasteiger partial charge in [0.2, 0.25) is 0 Å². The molecule has 0 saturated heterocycles. The van der Waals surface area contributed by atoms with Crippen LogP contribution in [0.25, 0.3) is 0 Å². The lowest BCUT2D eigenvalue weighted by Crippen LogP contribution is -2.10. The Morgan fingerprint density at radius 3 is 2.70 bits per heavy atom. The Hall–Kier alpha value is -2.40. The van der Waals surface area contributed by atoms with Gasteiger partial charge in [-0.3, -0.25) is 5.43 Å². The first-order valence-electron chi connectivity index (χ1n) is 5.84. The molecule has 1 rings (SSSR count).